The normalized spacial score (nSPS) is 18.2. The lowest BCUT2D eigenvalue weighted by molar-refractivity contribution is -0.121. The van der Waals surface area contributed by atoms with E-state index in [1.807, 2.05) is 6.92 Å². The third-order valence-electron chi connectivity index (χ3n) is 5.66. The molecule has 1 aromatic heterocycles. The predicted octanol–water partition coefficient (Wildman–Crippen LogP) is 3.09. The molecular weight excluding hydrogens is 384 g/mol. The molecular formula is C23H32N2O5. The number of nitrogens with one attached hydrogen (secondary N) is 2. The zero-order valence-electron chi connectivity index (χ0n) is 18.9. The maximum absolute atomic E-state index is 12.8. The number of aryl methyl sites for hydroxylation is 1. The first-order valence-corrected chi connectivity index (χ1v) is 10.2. The standard InChI is InChI=1S/C23H32N2O5/c1-13-16(10-19(26)24-14-11-22(2,3)25-23(4,5)12-14)21(27)30-18-9-15(28-6)8-17(29-7)20(13)18/h8-9,14,25H,10-12H2,1-7H3,(H,24,26). The van der Waals surface area contributed by atoms with E-state index < -0.39 is 5.63 Å². The summed E-state index contributed by atoms with van der Waals surface area (Å²) in [6.07, 6.45) is 1.60. The number of benzene rings is 1. The van der Waals surface area contributed by atoms with Crippen LogP contribution in [0.5, 0.6) is 11.5 Å². The van der Waals surface area contributed by atoms with Gasteiger partial charge in [0.15, 0.2) is 0 Å². The maximum atomic E-state index is 12.8. The van der Waals surface area contributed by atoms with Gasteiger partial charge in [-0.3, -0.25) is 4.79 Å². The molecule has 1 fully saturated rings. The minimum absolute atomic E-state index is 0.0374. The van der Waals surface area contributed by atoms with Crippen LogP contribution in [0.25, 0.3) is 11.0 Å². The number of methoxy groups -OCH3 is 2. The van der Waals surface area contributed by atoms with E-state index >= 15 is 0 Å². The Bertz CT molecular complexity index is 1010. The second kappa shape index (κ2) is 7.95. The molecule has 1 aliphatic heterocycles. The summed E-state index contributed by atoms with van der Waals surface area (Å²) in [4.78, 5) is 25.5. The van der Waals surface area contributed by atoms with E-state index in [0.29, 0.717) is 33.6 Å². The van der Waals surface area contributed by atoms with E-state index in [4.69, 9.17) is 13.9 Å². The van der Waals surface area contributed by atoms with Crippen LogP contribution in [-0.4, -0.2) is 37.2 Å². The third kappa shape index (κ3) is 4.61. The lowest BCUT2D eigenvalue weighted by Crippen LogP contribution is -2.62. The Morgan fingerprint density at radius 2 is 1.80 bits per heavy atom. The number of rotatable bonds is 5. The van der Waals surface area contributed by atoms with Crippen LogP contribution >= 0.6 is 0 Å². The highest BCUT2D eigenvalue weighted by Gasteiger charge is 2.38. The molecule has 7 heteroatoms. The van der Waals surface area contributed by atoms with Crippen LogP contribution in [0.4, 0.5) is 0 Å². The molecule has 7 nitrogen and oxygen atoms in total. The summed E-state index contributed by atoms with van der Waals surface area (Å²) in [5.41, 5.74) is 0.725. The van der Waals surface area contributed by atoms with Crippen LogP contribution in [0, 0.1) is 6.92 Å². The Balaban J connectivity index is 1.88. The first-order chi connectivity index (χ1) is 13.9. The van der Waals surface area contributed by atoms with Crippen molar-refractivity contribution >= 4 is 16.9 Å². The van der Waals surface area contributed by atoms with Crippen molar-refractivity contribution < 1.29 is 18.7 Å². The number of amides is 1. The second-order valence-electron chi connectivity index (χ2n) is 9.44. The van der Waals surface area contributed by atoms with Crippen LogP contribution in [-0.2, 0) is 11.2 Å². The molecule has 30 heavy (non-hydrogen) atoms. The van der Waals surface area contributed by atoms with Gasteiger partial charge in [-0.2, -0.15) is 0 Å². The van der Waals surface area contributed by atoms with Crippen molar-refractivity contribution in [2.75, 3.05) is 14.2 Å². The molecule has 0 bridgehead atoms. The van der Waals surface area contributed by atoms with E-state index in [1.54, 1.807) is 19.2 Å². The fraction of sp³-hybridized carbons (Fsp3) is 0.565. The number of piperidine rings is 1. The highest BCUT2D eigenvalue weighted by atomic mass is 16.5. The zero-order valence-corrected chi connectivity index (χ0v) is 18.9. The molecule has 0 aliphatic carbocycles. The minimum Gasteiger partial charge on any atom is -0.496 e. The van der Waals surface area contributed by atoms with Crippen LogP contribution in [0.15, 0.2) is 21.3 Å². The minimum atomic E-state index is -0.517. The maximum Gasteiger partial charge on any atom is 0.340 e. The Labute approximate surface area is 177 Å². The zero-order chi connectivity index (χ0) is 22.3. The summed E-state index contributed by atoms with van der Waals surface area (Å²) >= 11 is 0. The lowest BCUT2D eigenvalue weighted by atomic mass is 9.79. The third-order valence-corrected chi connectivity index (χ3v) is 5.66. The molecule has 0 radical (unpaired) electrons. The average Bonchev–Trinajstić information content (AvgIpc) is 2.61. The molecule has 1 aromatic carbocycles. The molecule has 2 aromatic rings. The molecule has 0 saturated carbocycles. The highest BCUT2D eigenvalue weighted by Crippen LogP contribution is 2.34. The first-order valence-electron chi connectivity index (χ1n) is 10.2. The Morgan fingerprint density at radius 3 is 2.37 bits per heavy atom. The molecule has 3 rings (SSSR count). The smallest absolute Gasteiger partial charge is 0.340 e. The SMILES string of the molecule is COc1cc(OC)c2c(C)c(CC(=O)NC3CC(C)(C)NC(C)(C)C3)c(=O)oc2c1. The molecule has 2 N–H and O–H groups in total. The molecule has 2 heterocycles. The van der Waals surface area contributed by atoms with E-state index in [9.17, 15) is 9.59 Å². The van der Waals surface area contributed by atoms with Crippen molar-refractivity contribution in [2.24, 2.45) is 0 Å². The van der Waals surface area contributed by atoms with Crippen molar-refractivity contribution in [2.45, 2.75) is 71.0 Å². The van der Waals surface area contributed by atoms with E-state index in [1.165, 1.54) is 7.11 Å². The van der Waals surface area contributed by atoms with Crippen LogP contribution < -0.4 is 25.7 Å². The summed E-state index contributed by atoms with van der Waals surface area (Å²) in [6.45, 7) is 10.4. The number of carbonyl (C=O) groups excluding carboxylic acids is 1. The number of carbonyl (C=O) groups is 1. The predicted molar refractivity (Wildman–Crippen MR) is 116 cm³/mol. The van der Waals surface area contributed by atoms with E-state index in [2.05, 4.69) is 38.3 Å². The van der Waals surface area contributed by atoms with Gasteiger partial charge in [0.05, 0.1) is 31.6 Å². The Kier molecular flexibility index (Phi) is 5.87. The van der Waals surface area contributed by atoms with Crippen molar-refractivity contribution in [3.05, 3.63) is 33.7 Å². The molecule has 0 spiro atoms. The molecule has 164 valence electrons. The van der Waals surface area contributed by atoms with E-state index in [-0.39, 0.29) is 29.4 Å². The molecule has 1 aliphatic rings. The Morgan fingerprint density at radius 1 is 1.17 bits per heavy atom. The topological polar surface area (TPSA) is 89.8 Å². The molecule has 1 amide bonds. The number of hydrogen-bond acceptors (Lipinski definition) is 6. The van der Waals surface area contributed by atoms with Crippen molar-refractivity contribution in [1.29, 1.82) is 0 Å². The largest absolute Gasteiger partial charge is 0.496 e. The molecule has 1 saturated heterocycles. The summed E-state index contributed by atoms with van der Waals surface area (Å²) in [5, 5.41) is 7.39. The summed E-state index contributed by atoms with van der Waals surface area (Å²) < 4.78 is 16.2. The van der Waals surface area contributed by atoms with Gasteiger partial charge in [-0.05, 0) is 53.0 Å². The highest BCUT2D eigenvalue weighted by molar-refractivity contribution is 5.90. The van der Waals surface area contributed by atoms with Gasteiger partial charge in [-0.25, -0.2) is 4.79 Å². The monoisotopic (exact) mass is 416 g/mol. The number of ether oxygens (including phenoxy) is 2. The van der Waals surface area contributed by atoms with Gasteiger partial charge in [-0.15, -0.1) is 0 Å². The summed E-state index contributed by atoms with van der Waals surface area (Å²) in [5.74, 6) is 0.883. The van der Waals surface area contributed by atoms with Crippen LogP contribution in [0.2, 0.25) is 0 Å². The molecule has 0 atom stereocenters. The quantitative estimate of drug-likeness (QED) is 0.728. The summed E-state index contributed by atoms with van der Waals surface area (Å²) in [7, 11) is 3.08. The average molecular weight is 417 g/mol. The van der Waals surface area contributed by atoms with Gasteiger partial charge >= 0.3 is 5.63 Å². The van der Waals surface area contributed by atoms with E-state index in [0.717, 1.165) is 12.8 Å². The second-order valence-corrected chi connectivity index (χ2v) is 9.44. The fourth-order valence-electron chi connectivity index (χ4n) is 4.83. The van der Waals surface area contributed by atoms with Crippen LogP contribution in [0.3, 0.4) is 0 Å². The van der Waals surface area contributed by atoms with Crippen molar-refractivity contribution in [1.82, 2.24) is 10.6 Å². The van der Waals surface area contributed by atoms with Gasteiger partial charge in [-0.1, -0.05) is 0 Å². The number of fused-ring (bicyclic) bond motifs is 1. The van der Waals surface area contributed by atoms with Crippen molar-refractivity contribution in [3.63, 3.8) is 0 Å². The van der Waals surface area contributed by atoms with Gasteiger partial charge in [0.1, 0.15) is 17.1 Å². The van der Waals surface area contributed by atoms with Gasteiger partial charge in [0.2, 0.25) is 5.91 Å². The lowest BCUT2D eigenvalue weighted by Gasteiger charge is -2.46. The van der Waals surface area contributed by atoms with Crippen molar-refractivity contribution in [3.8, 4) is 11.5 Å². The Hall–Kier alpha value is -2.54. The summed E-state index contributed by atoms with van der Waals surface area (Å²) in [6, 6.07) is 3.42. The van der Waals surface area contributed by atoms with Gasteiger partial charge < -0.3 is 24.5 Å². The number of hydrogen-bond donors (Lipinski definition) is 2. The van der Waals surface area contributed by atoms with Gasteiger partial charge in [0, 0.05) is 29.3 Å². The first kappa shape index (κ1) is 22.2. The van der Waals surface area contributed by atoms with Crippen LogP contribution in [0.1, 0.15) is 51.7 Å². The molecule has 0 unspecified atom stereocenters. The fourth-order valence-corrected chi connectivity index (χ4v) is 4.83. The van der Waals surface area contributed by atoms with Gasteiger partial charge in [0.25, 0.3) is 0 Å².